The Labute approximate surface area is 124 Å². The van der Waals surface area contributed by atoms with Crippen LogP contribution in [0.3, 0.4) is 0 Å². The first-order chi connectivity index (χ1) is 9.24. The average Bonchev–Trinajstić information content (AvgIpc) is 2.45. The summed E-state index contributed by atoms with van der Waals surface area (Å²) in [4.78, 5) is 0. The lowest BCUT2D eigenvalue weighted by atomic mass is 10.1. The Balaban J connectivity index is 1.99. The third kappa shape index (κ3) is 5.01. The van der Waals surface area contributed by atoms with Crippen molar-refractivity contribution in [2.75, 3.05) is 0 Å². The normalized spacial score (nSPS) is 10.8. The van der Waals surface area contributed by atoms with Crippen LogP contribution in [-0.4, -0.2) is 4.20 Å². The summed E-state index contributed by atoms with van der Waals surface area (Å²) in [5, 5.41) is 0. The van der Waals surface area contributed by atoms with Gasteiger partial charge in [0.1, 0.15) is 0 Å². The molecule has 0 radical (unpaired) electrons. The monoisotopic (exact) mass is 284 g/mol. The van der Waals surface area contributed by atoms with Crippen molar-refractivity contribution in [3.63, 3.8) is 0 Å². The summed E-state index contributed by atoms with van der Waals surface area (Å²) in [6.45, 7) is 1.97. The lowest BCUT2D eigenvalue weighted by Gasteiger charge is -2.01. The molecular weight excluding hydrogens is 268 g/mol. The molecule has 0 amide bonds. The van der Waals surface area contributed by atoms with Crippen molar-refractivity contribution in [1.29, 1.82) is 0 Å². The SMILES string of the molecule is CC(=S)SCc1ccc(/C=C/c2ccccc2)cc1. The molecule has 2 aromatic rings. The highest BCUT2D eigenvalue weighted by atomic mass is 32.2. The predicted octanol–water partition coefficient (Wildman–Crippen LogP) is 5.44. The molecule has 2 rings (SSSR count). The van der Waals surface area contributed by atoms with Crippen molar-refractivity contribution >= 4 is 40.3 Å². The standard InChI is InChI=1S/C17H16S2/c1-14(18)19-13-17-11-9-16(10-12-17)8-7-15-5-3-2-4-6-15/h2-12H,13H2,1H3/b8-7+. The Morgan fingerprint density at radius 1 is 0.947 bits per heavy atom. The summed E-state index contributed by atoms with van der Waals surface area (Å²) in [7, 11) is 0. The zero-order valence-corrected chi connectivity index (χ0v) is 12.5. The van der Waals surface area contributed by atoms with Gasteiger partial charge >= 0.3 is 0 Å². The topological polar surface area (TPSA) is 0 Å². The van der Waals surface area contributed by atoms with Crippen molar-refractivity contribution < 1.29 is 0 Å². The molecule has 2 aromatic carbocycles. The molecule has 0 aliphatic carbocycles. The van der Waals surface area contributed by atoms with Crippen LogP contribution in [0.5, 0.6) is 0 Å². The van der Waals surface area contributed by atoms with Crippen molar-refractivity contribution in [2.45, 2.75) is 12.7 Å². The summed E-state index contributed by atoms with van der Waals surface area (Å²) in [5.41, 5.74) is 3.75. The highest BCUT2D eigenvalue weighted by Crippen LogP contribution is 2.15. The van der Waals surface area contributed by atoms with Crippen LogP contribution in [0.1, 0.15) is 23.6 Å². The molecule has 0 nitrogen and oxygen atoms in total. The van der Waals surface area contributed by atoms with Crippen molar-refractivity contribution in [3.8, 4) is 0 Å². The van der Waals surface area contributed by atoms with Gasteiger partial charge in [0.15, 0.2) is 0 Å². The van der Waals surface area contributed by atoms with Gasteiger partial charge in [-0.3, -0.25) is 0 Å². The van der Waals surface area contributed by atoms with Crippen LogP contribution in [0.4, 0.5) is 0 Å². The van der Waals surface area contributed by atoms with E-state index in [4.69, 9.17) is 12.2 Å². The Kier molecular flexibility index (Phi) is 5.37. The van der Waals surface area contributed by atoms with Gasteiger partial charge in [-0.05, 0) is 23.6 Å². The van der Waals surface area contributed by atoms with Crippen molar-refractivity contribution in [2.24, 2.45) is 0 Å². The van der Waals surface area contributed by atoms with Gasteiger partial charge in [0.2, 0.25) is 0 Å². The molecular formula is C17H16S2. The van der Waals surface area contributed by atoms with Crippen LogP contribution in [0.2, 0.25) is 0 Å². The molecule has 0 bridgehead atoms. The maximum Gasteiger partial charge on any atom is 0.0450 e. The Morgan fingerprint density at radius 2 is 1.53 bits per heavy atom. The summed E-state index contributed by atoms with van der Waals surface area (Å²) >= 11 is 6.78. The quantitative estimate of drug-likeness (QED) is 0.542. The largest absolute Gasteiger partial charge is 0.114 e. The highest BCUT2D eigenvalue weighted by molar-refractivity contribution is 8.22. The molecule has 0 N–H and O–H groups in total. The molecule has 0 aliphatic rings. The molecule has 0 aromatic heterocycles. The molecule has 0 spiro atoms. The molecule has 0 aliphatic heterocycles. The van der Waals surface area contributed by atoms with Gasteiger partial charge in [0, 0.05) is 9.95 Å². The summed E-state index contributed by atoms with van der Waals surface area (Å²) in [6.07, 6.45) is 4.27. The van der Waals surface area contributed by atoms with Gasteiger partial charge in [-0.25, -0.2) is 0 Å². The van der Waals surface area contributed by atoms with E-state index in [1.807, 2.05) is 25.1 Å². The molecule has 0 fully saturated rings. The van der Waals surface area contributed by atoms with Gasteiger partial charge in [0.05, 0.1) is 0 Å². The fourth-order valence-electron chi connectivity index (χ4n) is 1.67. The van der Waals surface area contributed by atoms with Crippen LogP contribution in [0, 0.1) is 0 Å². The zero-order valence-electron chi connectivity index (χ0n) is 10.9. The lowest BCUT2D eigenvalue weighted by molar-refractivity contribution is 1.42. The van der Waals surface area contributed by atoms with Gasteiger partial charge in [-0.1, -0.05) is 79.0 Å². The van der Waals surface area contributed by atoms with Crippen LogP contribution >= 0.6 is 24.0 Å². The third-order valence-corrected chi connectivity index (χ3v) is 3.93. The summed E-state index contributed by atoms with van der Waals surface area (Å²) < 4.78 is 0.994. The fourth-order valence-corrected chi connectivity index (χ4v) is 2.41. The van der Waals surface area contributed by atoms with Crippen LogP contribution in [0.15, 0.2) is 54.6 Å². The number of hydrogen-bond donors (Lipinski definition) is 0. The fraction of sp³-hybridized carbons (Fsp3) is 0.118. The third-order valence-electron chi connectivity index (χ3n) is 2.69. The summed E-state index contributed by atoms with van der Waals surface area (Å²) in [6, 6.07) is 18.9. The van der Waals surface area contributed by atoms with E-state index in [9.17, 15) is 0 Å². The van der Waals surface area contributed by atoms with Crippen LogP contribution in [0.25, 0.3) is 12.2 Å². The number of benzene rings is 2. The number of rotatable bonds is 4. The molecule has 0 unspecified atom stereocenters. The van der Waals surface area contributed by atoms with Gasteiger partial charge in [-0.2, -0.15) is 0 Å². The maximum absolute atomic E-state index is 5.07. The maximum atomic E-state index is 5.07. The molecule has 0 saturated heterocycles. The average molecular weight is 284 g/mol. The van der Waals surface area contributed by atoms with Gasteiger partial charge in [-0.15, -0.1) is 11.8 Å². The first-order valence-electron chi connectivity index (χ1n) is 6.19. The second kappa shape index (κ2) is 7.27. The van der Waals surface area contributed by atoms with Crippen molar-refractivity contribution in [1.82, 2.24) is 0 Å². The molecule has 19 heavy (non-hydrogen) atoms. The second-order valence-corrected chi connectivity index (χ2v) is 6.33. The molecule has 96 valence electrons. The molecule has 0 heterocycles. The van der Waals surface area contributed by atoms with E-state index in [0.29, 0.717) is 0 Å². The predicted molar refractivity (Wildman–Crippen MR) is 91.4 cm³/mol. The lowest BCUT2D eigenvalue weighted by Crippen LogP contribution is -1.83. The minimum atomic E-state index is 0.956. The van der Waals surface area contributed by atoms with E-state index in [1.54, 1.807) is 11.8 Å². The summed E-state index contributed by atoms with van der Waals surface area (Å²) in [5.74, 6) is 0.956. The minimum absolute atomic E-state index is 0.956. The first-order valence-corrected chi connectivity index (χ1v) is 7.59. The van der Waals surface area contributed by atoms with E-state index in [0.717, 1.165) is 9.95 Å². The Morgan fingerprint density at radius 3 is 2.11 bits per heavy atom. The molecule has 0 atom stereocenters. The highest BCUT2D eigenvalue weighted by Gasteiger charge is 1.95. The van der Waals surface area contributed by atoms with Gasteiger partial charge < -0.3 is 0 Å². The molecule has 2 heteroatoms. The van der Waals surface area contributed by atoms with Gasteiger partial charge in [0.25, 0.3) is 0 Å². The number of thiocarbonyl (C=S) groups is 1. The zero-order chi connectivity index (χ0) is 13.5. The van der Waals surface area contributed by atoms with Crippen LogP contribution in [-0.2, 0) is 5.75 Å². The van der Waals surface area contributed by atoms with E-state index in [2.05, 4.69) is 48.6 Å². The Bertz CT molecular complexity index is 554. The van der Waals surface area contributed by atoms with Crippen molar-refractivity contribution in [3.05, 3.63) is 71.3 Å². The smallest absolute Gasteiger partial charge is 0.0450 e. The van der Waals surface area contributed by atoms with E-state index < -0.39 is 0 Å². The Hall–Kier alpha value is -1.38. The number of hydrogen-bond acceptors (Lipinski definition) is 2. The van der Waals surface area contributed by atoms with E-state index >= 15 is 0 Å². The second-order valence-electron chi connectivity index (χ2n) is 4.27. The van der Waals surface area contributed by atoms with E-state index in [1.165, 1.54) is 16.7 Å². The van der Waals surface area contributed by atoms with Crippen LogP contribution < -0.4 is 0 Å². The minimum Gasteiger partial charge on any atom is -0.114 e. The number of thioether (sulfide) groups is 1. The first kappa shape index (κ1) is 14.0. The van der Waals surface area contributed by atoms with E-state index in [-0.39, 0.29) is 0 Å². The molecule has 0 saturated carbocycles.